The van der Waals surface area contributed by atoms with Gasteiger partial charge in [-0.1, -0.05) is 29.3 Å². The van der Waals surface area contributed by atoms with E-state index >= 15 is 0 Å². The highest BCUT2D eigenvalue weighted by Gasteiger charge is 2.05. The van der Waals surface area contributed by atoms with E-state index in [1.54, 1.807) is 0 Å². The van der Waals surface area contributed by atoms with Crippen LogP contribution < -0.4 is 4.57 Å². The predicted molar refractivity (Wildman–Crippen MR) is 62.7 cm³/mol. The molecule has 0 aliphatic carbocycles. The predicted octanol–water partition coefficient (Wildman–Crippen LogP) is 2.10. The van der Waals surface area contributed by atoms with Crippen molar-refractivity contribution in [2.75, 3.05) is 0 Å². The van der Waals surface area contributed by atoms with E-state index in [4.69, 9.17) is 0 Å². The average Bonchev–Trinajstić information content (AvgIpc) is 2.50. The average molecular weight is 218 g/mol. The summed E-state index contributed by atoms with van der Waals surface area (Å²) in [6, 6.07) is 6.69. The van der Waals surface area contributed by atoms with Crippen LogP contribution in [-0.4, -0.2) is 10.5 Å². The second-order valence-electron chi connectivity index (χ2n) is 4.17. The first-order chi connectivity index (χ1) is 7.15. The van der Waals surface area contributed by atoms with Gasteiger partial charge in [0.1, 0.15) is 18.9 Å². The number of nitrogens with one attached hydrogen (secondary N) is 1. The molecule has 0 aliphatic heterocycles. The van der Waals surface area contributed by atoms with Crippen molar-refractivity contribution in [2.45, 2.75) is 27.3 Å². The molecule has 0 amide bonds. The Morgan fingerprint density at radius 3 is 2.19 bits per heavy atom. The summed E-state index contributed by atoms with van der Waals surface area (Å²) in [5.74, 6) is 1.19. The molecule has 0 saturated heterocycles. The Kier molecular flexibility index (Phi) is 3.85. The molecule has 3 nitrogen and oxygen atoms in total. The van der Waals surface area contributed by atoms with E-state index < -0.39 is 0 Å². The second-order valence-corrected chi connectivity index (χ2v) is 4.17. The summed E-state index contributed by atoms with van der Waals surface area (Å²) in [4.78, 5) is 3.18. The van der Waals surface area contributed by atoms with Crippen LogP contribution >= 0.6 is 0 Å². The maximum atomic E-state index is 3.18. The molecule has 3 heteroatoms. The maximum Gasteiger partial charge on any atom is 0.251 e. The van der Waals surface area contributed by atoms with E-state index in [1.165, 1.54) is 22.5 Å². The molecule has 0 fully saturated rings. The van der Waals surface area contributed by atoms with Gasteiger partial charge in [-0.15, -0.1) is 0 Å². The van der Waals surface area contributed by atoms with Crippen LogP contribution in [0.4, 0.5) is 0 Å². The van der Waals surface area contributed by atoms with Gasteiger partial charge in [-0.3, -0.25) is 0 Å². The second kappa shape index (κ2) is 4.94. The molecule has 0 radical (unpaired) electrons. The van der Waals surface area contributed by atoms with Gasteiger partial charge in [-0.05, 0) is 19.4 Å². The van der Waals surface area contributed by atoms with Gasteiger partial charge >= 0.3 is 0 Å². The zero-order valence-corrected chi connectivity index (χ0v) is 9.99. The lowest BCUT2D eigenvalue weighted by atomic mass is 10.1. The van der Waals surface area contributed by atoms with Crippen LogP contribution in [0.15, 0.2) is 30.6 Å². The first kappa shape index (κ1) is 12.5. The Hall–Kier alpha value is -1.61. The summed E-state index contributed by atoms with van der Waals surface area (Å²) in [7, 11) is 0. The molecule has 0 unspecified atom stereocenters. The minimum atomic E-state index is 0. The largest absolute Gasteiger partial charge is 0.870 e. The van der Waals surface area contributed by atoms with Gasteiger partial charge in [0.15, 0.2) is 0 Å². The highest BCUT2D eigenvalue weighted by molar-refractivity contribution is 5.27. The van der Waals surface area contributed by atoms with Crippen molar-refractivity contribution in [3.8, 4) is 0 Å². The third kappa shape index (κ3) is 2.70. The van der Waals surface area contributed by atoms with Crippen LogP contribution in [0.3, 0.4) is 0 Å². The first-order valence-electron chi connectivity index (χ1n) is 5.26. The zero-order chi connectivity index (χ0) is 10.8. The molecule has 16 heavy (non-hydrogen) atoms. The summed E-state index contributed by atoms with van der Waals surface area (Å²) >= 11 is 0. The van der Waals surface area contributed by atoms with Gasteiger partial charge < -0.3 is 5.48 Å². The molecule has 0 bridgehead atoms. The summed E-state index contributed by atoms with van der Waals surface area (Å²) in [5.41, 5.74) is 4.03. The molecule has 2 aromatic rings. The summed E-state index contributed by atoms with van der Waals surface area (Å²) in [6.07, 6.45) is 4.05. The van der Waals surface area contributed by atoms with Crippen molar-refractivity contribution in [3.63, 3.8) is 0 Å². The van der Waals surface area contributed by atoms with Gasteiger partial charge in [0, 0.05) is 6.92 Å². The number of aryl methyl sites for hydroxylation is 3. The lowest BCUT2D eigenvalue weighted by molar-refractivity contribution is -0.693. The van der Waals surface area contributed by atoms with Crippen molar-refractivity contribution in [1.29, 1.82) is 0 Å². The summed E-state index contributed by atoms with van der Waals surface area (Å²) in [6.45, 7) is 7.32. The van der Waals surface area contributed by atoms with Crippen molar-refractivity contribution >= 4 is 0 Å². The summed E-state index contributed by atoms with van der Waals surface area (Å²) in [5, 5.41) is 0. The number of nitrogens with zero attached hydrogens (tertiary/aromatic N) is 1. The Morgan fingerprint density at radius 2 is 1.69 bits per heavy atom. The van der Waals surface area contributed by atoms with Gasteiger partial charge in [0.25, 0.3) is 5.82 Å². The number of benzene rings is 1. The molecule has 0 atom stereocenters. The fourth-order valence-corrected chi connectivity index (χ4v) is 1.97. The molecule has 0 spiro atoms. The highest BCUT2D eigenvalue weighted by Crippen LogP contribution is 2.08. The molecule has 2 rings (SSSR count). The van der Waals surface area contributed by atoms with Gasteiger partial charge in [0.2, 0.25) is 0 Å². The Labute approximate surface area is 96.1 Å². The lowest BCUT2D eigenvalue weighted by Gasteiger charge is -2.03. The topological polar surface area (TPSA) is 49.7 Å². The van der Waals surface area contributed by atoms with Crippen molar-refractivity contribution in [2.24, 2.45) is 0 Å². The van der Waals surface area contributed by atoms with Crippen molar-refractivity contribution in [3.05, 3.63) is 53.1 Å². The van der Waals surface area contributed by atoms with Crippen LogP contribution in [0.2, 0.25) is 0 Å². The molecule has 86 valence electrons. The standard InChI is InChI=1S/C13H16N2.H2O/c1-10-6-11(2)8-13(7-10)9-15-5-4-14-12(15)3;/h4-8H,9H2,1-3H3;1H2. The van der Waals surface area contributed by atoms with Crippen LogP contribution in [-0.2, 0) is 6.54 Å². The SMILES string of the molecule is Cc1cc(C)cc(C[n+]2cc[nH]c2C)c1.[OH-]. The maximum absolute atomic E-state index is 3.18. The summed E-state index contributed by atoms with van der Waals surface area (Å²) < 4.78 is 2.22. The molecule has 1 aromatic heterocycles. The Morgan fingerprint density at radius 1 is 1.06 bits per heavy atom. The third-order valence-electron chi connectivity index (χ3n) is 2.61. The molecular formula is C13H18N2O. The monoisotopic (exact) mass is 218 g/mol. The van der Waals surface area contributed by atoms with E-state index in [0.29, 0.717) is 0 Å². The van der Waals surface area contributed by atoms with Crippen molar-refractivity contribution in [1.82, 2.24) is 4.98 Å². The smallest absolute Gasteiger partial charge is 0.251 e. The molecule has 0 aliphatic rings. The first-order valence-corrected chi connectivity index (χ1v) is 5.26. The minimum Gasteiger partial charge on any atom is -0.870 e. The van der Waals surface area contributed by atoms with E-state index in [9.17, 15) is 0 Å². The van der Waals surface area contributed by atoms with Gasteiger partial charge in [-0.25, -0.2) is 9.55 Å². The van der Waals surface area contributed by atoms with Crippen LogP contribution in [0.5, 0.6) is 0 Å². The van der Waals surface area contributed by atoms with Crippen LogP contribution in [0.1, 0.15) is 22.5 Å². The Bertz CT molecular complexity index is 454. The molecular weight excluding hydrogens is 200 g/mol. The highest BCUT2D eigenvalue weighted by atomic mass is 16.0. The molecule has 1 aromatic carbocycles. The van der Waals surface area contributed by atoms with E-state index in [2.05, 4.69) is 54.7 Å². The molecule has 2 N–H and O–H groups in total. The molecule has 0 saturated carbocycles. The van der Waals surface area contributed by atoms with E-state index in [1.807, 2.05) is 6.20 Å². The number of hydrogen-bond acceptors (Lipinski definition) is 1. The number of aromatic amines is 1. The fraction of sp³-hybridized carbons (Fsp3) is 0.308. The number of imidazole rings is 1. The minimum absolute atomic E-state index is 0. The third-order valence-corrected chi connectivity index (χ3v) is 2.61. The van der Waals surface area contributed by atoms with Gasteiger partial charge in [-0.2, -0.15) is 0 Å². The molecule has 1 heterocycles. The number of H-pyrrole nitrogens is 1. The van der Waals surface area contributed by atoms with E-state index in [-0.39, 0.29) is 5.48 Å². The number of aromatic nitrogens is 2. The van der Waals surface area contributed by atoms with Crippen LogP contribution in [0, 0.1) is 20.8 Å². The number of hydrogen-bond donors (Lipinski definition) is 1. The Balaban J connectivity index is 0.00000128. The normalized spacial score (nSPS) is 9.94. The quantitative estimate of drug-likeness (QED) is 0.771. The van der Waals surface area contributed by atoms with Crippen molar-refractivity contribution < 1.29 is 10.0 Å². The van der Waals surface area contributed by atoms with E-state index in [0.717, 1.165) is 6.54 Å². The fourth-order valence-electron chi connectivity index (χ4n) is 1.97. The van der Waals surface area contributed by atoms with Gasteiger partial charge in [0.05, 0.1) is 0 Å². The number of rotatable bonds is 2. The lowest BCUT2D eigenvalue weighted by Crippen LogP contribution is -2.35. The van der Waals surface area contributed by atoms with Crippen LogP contribution in [0.25, 0.3) is 0 Å². The zero-order valence-electron chi connectivity index (χ0n) is 9.99.